The summed E-state index contributed by atoms with van der Waals surface area (Å²) in [5.41, 5.74) is 0.358. The summed E-state index contributed by atoms with van der Waals surface area (Å²) < 4.78 is 4.53. The Balaban J connectivity index is 3.07. The molecule has 2 N–H and O–H groups in total. The van der Waals surface area contributed by atoms with Crippen molar-refractivity contribution >= 4 is 5.97 Å². The lowest BCUT2D eigenvalue weighted by atomic mass is 10.00. The predicted molar refractivity (Wildman–Crippen MR) is 50.2 cm³/mol. The molecule has 0 aliphatic heterocycles. The van der Waals surface area contributed by atoms with Crippen molar-refractivity contribution in [1.82, 2.24) is 0 Å². The molecule has 1 atom stereocenters. The lowest BCUT2D eigenvalue weighted by Crippen LogP contribution is -2.10. The zero-order valence-electron chi connectivity index (χ0n) is 8.02. The number of aromatic hydroxyl groups is 2. The van der Waals surface area contributed by atoms with Gasteiger partial charge >= 0.3 is 5.97 Å². The molecule has 0 heterocycles. The Morgan fingerprint density at radius 2 is 2.07 bits per heavy atom. The molecule has 4 nitrogen and oxygen atoms in total. The number of carbonyl (C=O) groups excluding carboxylic acids is 1. The SMILES string of the molecule is COC(=O)C(C)c1cccc(O)c1O. The van der Waals surface area contributed by atoms with E-state index < -0.39 is 11.9 Å². The van der Waals surface area contributed by atoms with E-state index in [0.29, 0.717) is 5.56 Å². The molecule has 0 amide bonds. The number of rotatable bonds is 2. The second kappa shape index (κ2) is 4.00. The van der Waals surface area contributed by atoms with Gasteiger partial charge in [-0.25, -0.2) is 0 Å². The van der Waals surface area contributed by atoms with Gasteiger partial charge in [0.2, 0.25) is 0 Å². The zero-order valence-corrected chi connectivity index (χ0v) is 8.02. The summed E-state index contributed by atoms with van der Waals surface area (Å²) in [5.74, 6) is -1.55. The van der Waals surface area contributed by atoms with Crippen LogP contribution in [0.5, 0.6) is 11.5 Å². The van der Waals surface area contributed by atoms with Crippen LogP contribution in [0.3, 0.4) is 0 Å². The molecule has 0 radical (unpaired) electrons. The topological polar surface area (TPSA) is 66.8 Å². The molecule has 0 saturated heterocycles. The van der Waals surface area contributed by atoms with Gasteiger partial charge in [-0.1, -0.05) is 12.1 Å². The molecule has 76 valence electrons. The number of hydrogen-bond donors (Lipinski definition) is 2. The maximum Gasteiger partial charge on any atom is 0.312 e. The molecular weight excluding hydrogens is 184 g/mol. The van der Waals surface area contributed by atoms with Crippen LogP contribution in [0.2, 0.25) is 0 Å². The largest absolute Gasteiger partial charge is 0.504 e. The van der Waals surface area contributed by atoms with Gasteiger partial charge in [0, 0.05) is 5.56 Å². The standard InChI is InChI=1S/C10H12O4/c1-6(10(13)14-2)7-4-3-5-8(11)9(7)12/h3-6,11-12H,1-2H3. The third-order valence-electron chi connectivity index (χ3n) is 2.07. The van der Waals surface area contributed by atoms with Crippen LogP contribution in [-0.4, -0.2) is 23.3 Å². The van der Waals surface area contributed by atoms with E-state index >= 15 is 0 Å². The first-order valence-electron chi connectivity index (χ1n) is 4.16. The van der Waals surface area contributed by atoms with Crippen molar-refractivity contribution in [3.8, 4) is 11.5 Å². The summed E-state index contributed by atoms with van der Waals surface area (Å²) in [7, 11) is 1.28. The number of benzene rings is 1. The number of carbonyl (C=O) groups is 1. The Morgan fingerprint density at radius 3 is 2.64 bits per heavy atom. The van der Waals surface area contributed by atoms with Crippen molar-refractivity contribution < 1.29 is 19.7 Å². The van der Waals surface area contributed by atoms with E-state index in [9.17, 15) is 15.0 Å². The molecule has 0 aliphatic rings. The van der Waals surface area contributed by atoms with E-state index in [4.69, 9.17) is 0 Å². The molecule has 1 aromatic carbocycles. The molecule has 0 aromatic heterocycles. The van der Waals surface area contributed by atoms with Gasteiger partial charge < -0.3 is 14.9 Å². The number of phenolic OH excluding ortho intramolecular Hbond substituents is 2. The van der Waals surface area contributed by atoms with Crippen molar-refractivity contribution in [3.63, 3.8) is 0 Å². The van der Waals surface area contributed by atoms with Crippen LogP contribution in [0.4, 0.5) is 0 Å². The first kappa shape index (κ1) is 10.4. The predicted octanol–water partition coefficient (Wildman–Crippen LogP) is 1.37. The Labute approximate surface area is 81.8 Å². The maximum atomic E-state index is 11.2. The van der Waals surface area contributed by atoms with Crippen LogP contribution in [0.15, 0.2) is 18.2 Å². The van der Waals surface area contributed by atoms with Crippen LogP contribution in [0.1, 0.15) is 18.4 Å². The van der Waals surface area contributed by atoms with Gasteiger partial charge in [-0.15, -0.1) is 0 Å². The van der Waals surface area contributed by atoms with Gasteiger partial charge in [-0.05, 0) is 13.0 Å². The molecule has 0 bridgehead atoms. The molecule has 4 heteroatoms. The summed E-state index contributed by atoms with van der Waals surface area (Å²) in [5, 5.41) is 18.7. The number of ether oxygens (including phenoxy) is 1. The van der Waals surface area contributed by atoms with E-state index in [-0.39, 0.29) is 11.5 Å². The number of methoxy groups -OCH3 is 1. The molecule has 0 spiro atoms. The van der Waals surface area contributed by atoms with Crippen molar-refractivity contribution in [1.29, 1.82) is 0 Å². The van der Waals surface area contributed by atoms with Crippen molar-refractivity contribution in [2.75, 3.05) is 7.11 Å². The highest BCUT2D eigenvalue weighted by Gasteiger charge is 2.20. The number of esters is 1. The lowest BCUT2D eigenvalue weighted by molar-refractivity contribution is -0.142. The Hall–Kier alpha value is -1.71. The number of hydrogen-bond acceptors (Lipinski definition) is 4. The average molecular weight is 196 g/mol. The molecular formula is C10H12O4. The first-order valence-corrected chi connectivity index (χ1v) is 4.16. The third kappa shape index (κ3) is 1.79. The highest BCUT2D eigenvalue weighted by atomic mass is 16.5. The maximum absolute atomic E-state index is 11.2. The molecule has 0 fully saturated rings. The normalized spacial score (nSPS) is 12.1. The smallest absolute Gasteiger partial charge is 0.312 e. The summed E-state index contributed by atoms with van der Waals surface area (Å²) in [6, 6.07) is 4.48. The van der Waals surface area contributed by atoms with Crippen molar-refractivity contribution in [2.24, 2.45) is 0 Å². The minimum atomic E-state index is -0.591. The van der Waals surface area contributed by atoms with Gasteiger partial charge in [0.15, 0.2) is 11.5 Å². The number of para-hydroxylation sites is 1. The van der Waals surface area contributed by atoms with E-state index in [0.717, 1.165) is 0 Å². The minimum absolute atomic E-state index is 0.238. The third-order valence-corrected chi connectivity index (χ3v) is 2.07. The highest BCUT2D eigenvalue weighted by Crippen LogP contribution is 2.33. The fourth-order valence-electron chi connectivity index (χ4n) is 1.20. The molecule has 1 aromatic rings. The van der Waals surface area contributed by atoms with Crippen LogP contribution in [0, 0.1) is 0 Å². The van der Waals surface area contributed by atoms with Gasteiger partial charge in [-0.2, -0.15) is 0 Å². The number of phenols is 2. The fraction of sp³-hybridized carbons (Fsp3) is 0.300. The molecule has 1 rings (SSSR count). The van der Waals surface area contributed by atoms with E-state index in [2.05, 4.69) is 4.74 Å². The summed E-state index contributed by atoms with van der Waals surface area (Å²) in [6.07, 6.45) is 0. The molecule has 1 unspecified atom stereocenters. The second-order valence-electron chi connectivity index (χ2n) is 2.96. The second-order valence-corrected chi connectivity index (χ2v) is 2.96. The van der Waals surface area contributed by atoms with Crippen LogP contribution in [0.25, 0.3) is 0 Å². The molecule has 0 saturated carbocycles. The van der Waals surface area contributed by atoms with Crippen molar-refractivity contribution in [3.05, 3.63) is 23.8 Å². The van der Waals surface area contributed by atoms with Crippen molar-refractivity contribution in [2.45, 2.75) is 12.8 Å². The van der Waals surface area contributed by atoms with Crippen LogP contribution < -0.4 is 0 Å². The van der Waals surface area contributed by atoms with E-state index in [1.54, 1.807) is 19.1 Å². The van der Waals surface area contributed by atoms with E-state index in [1.807, 2.05) is 0 Å². The molecule has 0 aliphatic carbocycles. The Bertz CT molecular complexity index is 346. The lowest BCUT2D eigenvalue weighted by Gasteiger charge is -2.11. The van der Waals surface area contributed by atoms with Crippen LogP contribution >= 0.6 is 0 Å². The minimum Gasteiger partial charge on any atom is -0.504 e. The van der Waals surface area contributed by atoms with Crippen LogP contribution in [-0.2, 0) is 9.53 Å². The monoisotopic (exact) mass is 196 g/mol. The van der Waals surface area contributed by atoms with Gasteiger partial charge in [0.1, 0.15) is 0 Å². The average Bonchev–Trinajstić information content (AvgIpc) is 2.20. The Kier molecular flexibility index (Phi) is 2.96. The Morgan fingerprint density at radius 1 is 1.43 bits per heavy atom. The van der Waals surface area contributed by atoms with E-state index in [1.165, 1.54) is 13.2 Å². The van der Waals surface area contributed by atoms with Gasteiger partial charge in [-0.3, -0.25) is 4.79 Å². The fourth-order valence-corrected chi connectivity index (χ4v) is 1.20. The van der Waals surface area contributed by atoms with Gasteiger partial charge in [0.05, 0.1) is 13.0 Å². The van der Waals surface area contributed by atoms with Gasteiger partial charge in [0.25, 0.3) is 0 Å². The summed E-state index contributed by atoms with van der Waals surface area (Å²) in [4.78, 5) is 11.2. The molecule has 14 heavy (non-hydrogen) atoms. The summed E-state index contributed by atoms with van der Waals surface area (Å²) >= 11 is 0. The zero-order chi connectivity index (χ0) is 10.7. The quantitative estimate of drug-likeness (QED) is 0.553. The summed E-state index contributed by atoms with van der Waals surface area (Å²) in [6.45, 7) is 1.60. The first-order chi connectivity index (χ1) is 6.57. The highest BCUT2D eigenvalue weighted by molar-refractivity contribution is 5.79.